The number of nitrogens with one attached hydrogen (secondary N) is 1. The van der Waals surface area contributed by atoms with E-state index in [-0.39, 0.29) is 16.5 Å². The van der Waals surface area contributed by atoms with Crippen LogP contribution < -0.4 is 10.1 Å². The van der Waals surface area contributed by atoms with Gasteiger partial charge in [0.25, 0.3) is 5.91 Å². The fourth-order valence-electron chi connectivity index (χ4n) is 2.01. The molecule has 0 unspecified atom stereocenters. The van der Waals surface area contributed by atoms with E-state index in [2.05, 4.69) is 16.6 Å². The Morgan fingerprint density at radius 2 is 1.96 bits per heavy atom. The first-order valence-electron chi connectivity index (χ1n) is 7.47. The van der Waals surface area contributed by atoms with E-state index >= 15 is 0 Å². The summed E-state index contributed by atoms with van der Waals surface area (Å²) in [4.78, 5) is 24.1. The normalized spacial score (nSPS) is 10.0. The van der Waals surface area contributed by atoms with Crippen LogP contribution in [0, 0.1) is 0 Å². The molecule has 2 rings (SSSR count). The molecule has 0 heterocycles. The number of amides is 1. The highest BCUT2D eigenvalue weighted by atomic mass is 35.5. The number of rotatable bonds is 6. The summed E-state index contributed by atoms with van der Waals surface area (Å²) in [6.07, 6.45) is 0. The second-order valence-corrected chi connectivity index (χ2v) is 5.82. The summed E-state index contributed by atoms with van der Waals surface area (Å²) in [5.41, 5.74) is 1.92. The van der Waals surface area contributed by atoms with Crippen LogP contribution in [0.1, 0.15) is 27.6 Å². The number of methoxy groups -OCH3 is 1. The third kappa shape index (κ3) is 5.09. The van der Waals surface area contributed by atoms with Crippen molar-refractivity contribution >= 4 is 29.2 Å². The monoisotopic (exact) mass is 359 g/mol. The van der Waals surface area contributed by atoms with Crippen molar-refractivity contribution in [3.05, 3.63) is 70.8 Å². The molecular weight excluding hydrogens is 342 g/mol. The molecule has 0 saturated heterocycles. The molecule has 0 atom stereocenters. The van der Waals surface area contributed by atoms with Crippen molar-refractivity contribution in [1.29, 1.82) is 0 Å². The molecule has 0 spiro atoms. The maximum atomic E-state index is 12.4. The molecule has 0 saturated carbocycles. The molecule has 1 amide bonds. The zero-order valence-corrected chi connectivity index (χ0v) is 14.7. The van der Waals surface area contributed by atoms with Crippen LogP contribution in [0.4, 0.5) is 5.69 Å². The first kappa shape index (κ1) is 18.5. The van der Waals surface area contributed by atoms with Crippen LogP contribution in [0.25, 0.3) is 0 Å². The summed E-state index contributed by atoms with van der Waals surface area (Å²) in [6, 6.07) is 11.4. The number of benzene rings is 2. The summed E-state index contributed by atoms with van der Waals surface area (Å²) in [7, 11) is 1.26. The van der Waals surface area contributed by atoms with E-state index in [0.717, 1.165) is 5.57 Å². The van der Waals surface area contributed by atoms with Gasteiger partial charge in [0.15, 0.2) is 0 Å². The van der Waals surface area contributed by atoms with Gasteiger partial charge in [-0.3, -0.25) is 4.79 Å². The predicted molar refractivity (Wildman–Crippen MR) is 97.5 cm³/mol. The molecule has 0 aliphatic rings. The van der Waals surface area contributed by atoms with Gasteiger partial charge in [-0.15, -0.1) is 0 Å². The highest BCUT2D eigenvalue weighted by Crippen LogP contribution is 2.22. The molecule has 130 valence electrons. The predicted octanol–water partition coefficient (Wildman–Crippen LogP) is 4.33. The quantitative estimate of drug-likeness (QED) is 0.615. The first-order chi connectivity index (χ1) is 11.9. The van der Waals surface area contributed by atoms with Crippen LogP contribution in [0.15, 0.2) is 54.6 Å². The zero-order valence-electron chi connectivity index (χ0n) is 14.0. The average Bonchev–Trinajstić information content (AvgIpc) is 2.61. The van der Waals surface area contributed by atoms with Crippen LogP contribution in [-0.4, -0.2) is 25.6 Å². The van der Waals surface area contributed by atoms with Gasteiger partial charge in [-0.05, 0) is 48.9 Å². The van der Waals surface area contributed by atoms with E-state index in [1.807, 2.05) is 6.92 Å². The number of halogens is 1. The fraction of sp³-hybridized carbons (Fsp3) is 0.158. The second kappa shape index (κ2) is 8.35. The van der Waals surface area contributed by atoms with E-state index in [1.54, 1.807) is 30.3 Å². The zero-order chi connectivity index (χ0) is 18.4. The second-order valence-electron chi connectivity index (χ2n) is 5.41. The van der Waals surface area contributed by atoms with E-state index in [0.29, 0.717) is 23.6 Å². The molecule has 2 aromatic carbocycles. The Morgan fingerprint density at radius 3 is 2.64 bits per heavy atom. The molecule has 0 bridgehead atoms. The van der Waals surface area contributed by atoms with Gasteiger partial charge < -0.3 is 14.8 Å². The Morgan fingerprint density at radius 1 is 1.20 bits per heavy atom. The Labute approximate surface area is 151 Å². The van der Waals surface area contributed by atoms with Crippen LogP contribution in [0.3, 0.4) is 0 Å². The molecule has 0 aromatic heterocycles. The van der Waals surface area contributed by atoms with Crippen molar-refractivity contribution < 1.29 is 19.1 Å². The van der Waals surface area contributed by atoms with Gasteiger partial charge in [0.2, 0.25) is 0 Å². The molecule has 2 aromatic rings. The van der Waals surface area contributed by atoms with E-state index in [1.165, 1.54) is 19.2 Å². The number of carbonyl (C=O) groups excluding carboxylic acids is 2. The van der Waals surface area contributed by atoms with Crippen molar-refractivity contribution in [1.82, 2.24) is 0 Å². The van der Waals surface area contributed by atoms with Crippen LogP contribution >= 0.6 is 11.6 Å². The first-order valence-corrected chi connectivity index (χ1v) is 7.85. The van der Waals surface area contributed by atoms with Gasteiger partial charge in [-0.25, -0.2) is 4.79 Å². The van der Waals surface area contributed by atoms with Crippen molar-refractivity contribution in [3.8, 4) is 5.75 Å². The molecule has 0 aliphatic carbocycles. The Hall–Kier alpha value is -2.79. The molecule has 1 N–H and O–H groups in total. The lowest BCUT2D eigenvalue weighted by Crippen LogP contribution is -2.13. The van der Waals surface area contributed by atoms with Crippen LogP contribution in [0.5, 0.6) is 5.75 Å². The van der Waals surface area contributed by atoms with Gasteiger partial charge in [-0.2, -0.15) is 0 Å². The highest BCUT2D eigenvalue weighted by molar-refractivity contribution is 6.33. The molecule has 0 fully saturated rings. The minimum absolute atomic E-state index is 0.181. The van der Waals surface area contributed by atoms with Gasteiger partial charge in [0, 0.05) is 11.3 Å². The van der Waals surface area contributed by atoms with Gasteiger partial charge in [0.05, 0.1) is 17.7 Å². The van der Waals surface area contributed by atoms with Gasteiger partial charge in [-0.1, -0.05) is 24.2 Å². The van der Waals surface area contributed by atoms with Gasteiger partial charge >= 0.3 is 5.97 Å². The summed E-state index contributed by atoms with van der Waals surface area (Å²) in [5, 5.41) is 2.97. The Balaban J connectivity index is 2.15. The smallest absolute Gasteiger partial charge is 0.339 e. The summed E-state index contributed by atoms with van der Waals surface area (Å²) in [5.74, 6) is -0.336. The third-order valence-electron chi connectivity index (χ3n) is 3.21. The van der Waals surface area contributed by atoms with Crippen LogP contribution in [-0.2, 0) is 4.74 Å². The maximum Gasteiger partial charge on any atom is 0.339 e. The SMILES string of the molecule is C=C(C)COc1cccc(C(=O)Nc2ccc(Cl)c(C(=O)OC)c2)c1. The van der Waals surface area contributed by atoms with Gasteiger partial charge in [0.1, 0.15) is 12.4 Å². The number of anilines is 1. The Kier molecular flexibility index (Phi) is 6.19. The highest BCUT2D eigenvalue weighted by Gasteiger charge is 2.13. The largest absolute Gasteiger partial charge is 0.489 e. The minimum atomic E-state index is -0.573. The summed E-state index contributed by atoms with van der Waals surface area (Å²) < 4.78 is 10.2. The average molecular weight is 360 g/mol. The molecular formula is C19H18ClNO4. The Bertz CT molecular complexity index is 817. The maximum absolute atomic E-state index is 12.4. The fourth-order valence-corrected chi connectivity index (χ4v) is 2.20. The molecule has 0 aliphatic heterocycles. The number of carbonyl (C=O) groups is 2. The minimum Gasteiger partial charge on any atom is -0.489 e. The lowest BCUT2D eigenvalue weighted by atomic mass is 10.1. The van der Waals surface area contributed by atoms with Crippen LogP contribution in [0.2, 0.25) is 5.02 Å². The number of ether oxygens (including phenoxy) is 2. The lowest BCUT2D eigenvalue weighted by molar-refractivity contribution is 0.0600. The van der Waals surface area contributed by atoms with E-state index in [4.69, 9.17) is 16.3 Å². The van der Waals surface area contributed by atoms with E-state index < -0.39 is 5.97 Å². The number of esters is 1. The lowest BCUT2D eigenvalue weighted by Gasteiger charge is -2.10. The summed E-state index contributed by atoms with van der Waals surface area (Å²) >= 11 is 5.97. The molecule has 0 radical (unpaired) electrons. The third-order valence-corrected chi connectivity index (χ3v) is 3.54. The van der Waals surface area contributed by atoms with E-state index in [9.17, 15) is 9.59 Å². The number of hydrogen-bond acceptors (Lipinski definition) is 4. The van der Waals surface area contributed by atoms with Crippen molar-refractivity contribution in [2.75, 3.05) is 19.0 Å². The number of hydrogen-bond donors (Lipinski definition) is 1. The molecule has 5 nitrogen and oxygen atoms in total. The molecule has 25 heavy (non-hydrogen) atoms. The molecule has 6 heteroatoms. The summed E-state index contributed by atoms with van der Waals surface area (Å²) in [6.45, 7) is 6.00. The van der Waals surface area contributed by atoms with Crippen molar-refractivity contribution in [2.45, 2.75) is 6.92 Å². The standard InChI is InChI=1S/C19H18ClNO4/c1-12(2)11-25-15-6-4-5-13(9-15)18(22)21-14-7-8-17(20)16(10-14)19(23)24-3/h4-10H,1,11H2,2-3H3,(H,21,22). The topological polar surface area (TPSA) is 64.6 Å². The van der Waals surface area contributed by atoms with Crippen molar-refractivity contribution in [2.24, 2.45) is 0 Å². The van der Waals surface area contributed by atoms with Crippen molar-refractivity contribution in [3.63, 3.8) is 0 Å².